The number of rotatable bonds is 5. The molecule has 4 rings (SSSR count). The minimum absolute atomic E-state index is 0.855. The van der Waals surface area contributed by atoms with E-state index in [9.17, 15) is 0 Å². The van der Waals surface area contributed by atoms with E-state index in [4.69, 9.17) is 0 Å². The number of nitrogens with zero attached hydrogens (tertiary/aromatic N) is 4. The van der Waals surface area contributed by atoms with Crippen LogP contribution >= 0.6 is 0 Å². The molecule has 0 atom stereocenters. The molecule has 0 N–H and O–H groups in total. The van der Waals surface area contributed by atoms with Gasteiger partial charge < -0.3 is 0 Å². The lowest BCUT2D eigenvalue weighted by Crippen LogP contribution is -2.36. The molecular formula is C21H30N4. The molecule has 2 aliphatic rings. The molecular weight excluding hydrogens is 308 g/mol. The van der Waals surface area contributed by atoms with Crippen molar-refractivity contribution in [2.45, 2.75) is 51.2 Å². The van der Waals surface area contributed by atoms with Crippen LogP contribution in [-0.4, -0.2) is 51.8 Å². The maximum Gasteiger partial charge on any atom is 0.0659 e. The number of hydrogen-bond donors (Lipinski definition) is 0. The Morgan fingerprint density at radius 1 is 0.840 bits per heavy atom. The van der Waals surface area contributed by atoms with Crippen molar-refractivity contribution in [3.8, 4) is 0 Å². The van der Waals surface area contributed by atoms with E-state index < -0.39 is 0 Å². The summed E-state index contributed by atoms with van der Waals surface area (Å²) < 4.78 is 1.97. The Labute approximate surface area is 151 Å². The van der Waals surface area contributed by atoms with E-state index in [1.807, 2.05) is 23.1 Å². The van der Waals surface area contributed by atoms with Crippen molar-refractivity contribution in [2.24, 2.45) is 0 Å². The fraction of sp³-hybridized carbons (Fsp3) is 0.571. The van der Waals surface area contributed by atoms with Crippen LogP contribution in [0.25, 0.3) is 0 Å². The Bertz CT molecular complexity index is 628. The molecule has 4 heteroatoms. The first-order valence-corrected chi connectivity index (χ1v) is 9.88. The van der Waals surface area contributed by atoms with Crippen molar-refractivity contribution in [1.82, 2.24) is 19.6 Å². The maximum absolute atomic E-state index is 4.28. The van der Waals surface area contributed by atoms with Gasteiger partial charge in [-0.1, -0.05) is 37.1 Å². The van der Waals surface area contributed by atoms with Crippen LogP contribution in [0.4, 0.5) is 0 Å². The van der Waals surface area contributed by atoms with E-state index in [-0.39, 0.29) is 0 Å². The van der Waals surface area contributed by atoms with Gasteiger partial charge in [0.2, 0.25) is 0 Å². The maximum atomic E-state index is 4.28. The van der Waals surface area contributed by atoms with Gasteiger partial charge in [-0.3, -0.25) is 14.5 Å². The van der Waals surface area contributed by atoms with Crippen molar-refractivity contribution in [2.75, 3.05) is 26.2 Å². The van der Waals surface area contributed by atoms with Crippen molar-refractivity contribution in [3.63, 3.8) is 0 Å². The van der Waals surface area contributed by atoms with Crippen LogP contribution in [0.1, 0.15) is 43.2 Å². The predicted octanol–water partition coefficient (Wildman–Crippen LogP) is 3.38. The van der Waals surface area contributed by atoms with Gasteiger partial charge in [-0.05, 0) is 49.5 Å². The third-order valence-electron chi connectivity index (χ3n) is 5.80. The molecule has 0 unspecified atom stereocenters. The van der Waals surface area contributed by atoms with E-state index >= 15 is 0 Å². The van der Waals surface area contributed by atoms with Crippen LogP contribution in [0.2, 0.25) is 0 Å². The number of benzene rings is 1. The number of hydrogen-bond acceptors (Lipinski definition) is 3. The molecule has 1 aliphatic carbocycles. The Morgan fingerprint density at radius 2 is 1.60 bits per heavy atom. The lowest BCUT2D eigenvalue weighted by Gasteiger charge is -2.27. The van der Waals surface area contributed by atoms with E-state index in [0.29, 0.717) is 0 Å². The number of aromatic nitrogens is 2. The summed E-state index contributed by atoms with van der Waals surface area (Å²) in [6.45, 7) is 6.93. The van der Waals surface area contributed by atoms with Crippen LogP contribution in [0.3, 0.4) is 0 Å². The zero-order valence-electron chi connectivity index (χ0n) is 15.2. The van der Waals surface area contributed by atoms with Gasteiger partial charge in [0, 0.05) is 38.1 Å². The largest absolute Gasteiger partial charge is 0.299 e. The van der Waals surface area contributed by atoms with Gasteiger partial charge in [0.15, 0.2) is 0 Å². The second kappa shape index (κ2) is 8.15. The first kappa shape index (κ1) is 16.8. The van der Waals surface area contributed by atoms with Gasteiger partial charge >= 0.3 is 0 Å². The monoisotopic (exact) mass is 338 g/mol. The van der Waals surface area contributed by atoms with Crippen LogP contribution in [0, 0.1) is 0 Å². The van der Waals surface area contributed by atoms with Crippen molar-refractivity contribution in [1.29, 1.82) is 0 Å². The van der Waals surface area contributed by atoms with Crippen LogP contribution < -0.4 is 0 Å². The second-order valence-corrected chi connectivity index (χ2v) is 7.62. The Balaban J connectivity index is 1.29. The SMILES string of the molecule is c1cnn(Cc2ccc(CN3CCCN(C4CCCC4)CC3)cc2)c1. The topological polar surface area (TPSA) is 24.3 Å². The van der Waals surface area contributed by atoms with Crippen LogP contribution in [-0.2, 0) is 13.1 Å². The summed E-state index contributed by atoms with van der Waals surface area (Å²) in [5, 5.41) is 4.28. The highest BCUT2D eigenvalue weighted by Gasteiger charge is 2.24. The highest BCUT2D eigenvalue weighted by atomic mass is 15.3. The van der Waals surface area contributed by atoms with Crippen molar-refractivity contribution in [3.05, 3.63) is 53.9 Å². The molecule has 0 radical (unpaired) electrons. The van der Waals surface area contributed by atoms with Gasteiger partial charge in [0.25, 0.3) is 0 Å². The minimum Gasteiger partial charge on any atom is -0.299 e. The minimum atomic E-state index is 0.855. The second-order valence-electron chi connectivity index (χ2n) is 7.62. The highest BCUT2D eigenvalue weighted by molar-refractivity contribution is 5.22. The van der Waals surface area contributed by atoms with E-state index in [1.165, 1.54) is 69.4 Å². The average Bonchev–Trinajstić information content (AvgIpc) is 3.29. The summed E-state index contributed by atoms with van der Waals surface area (Å²) in [6, 6.07) is 11.9. The molecule has 0 bridgehead atoms. The van der Waals surface area contributed by atoms with Crippen molar-refractivity contribution < 1.29 is 0 Å². The zero-order valence-corrected chi connectivity index (χ0v) is 15.2. The smallest absolute Gasteiger partial charge is 0.0659 e. The molecule has 0 amide bonds. The molecule has 1 saturated heterocycles. The van der Waals surface area contributed by atoms with Gasteiger partial charge in [-0.2, -0.15) is 5.10 Å². The van der Waals surface area contributed by atoms with Gasteiger partial charge in [-0.25, -0.2) is 0 Å². The average molecular weight is 338 g/mol. The molecule has 2 aromatic rings. The van der Waals surface area contributed by atoms with Crippen LogP contribution in [0.15, 0.2) is 42.7 Å². The normalized spacial score (nSPS) is 20.8. The lowest BCUT2D eigenvalue weighted by molar-refractivity contribution is 0.198. The summed E-state index contributed by atoms with van der Waals surface area (Å²) in [5.74, 6) is 0. The van der Waals surface area contributed by atoms with Crippen LogP contribution in [0.5, 0.6) is 0 Å². The van der Waals surface area contributed by atoms with Gasteiger partial charge in [0.05, 0.1) is 6.54 Å². The van der Waals surface area contributed by atoms with E-state index in [1.54, 1.807) is 0 Å². The van der Waals surface area contributed by atoms with Crippen molar-refractivity contribution >= 4 is 0 Å². The third-order valence-corrected chi connectivity index (χ3v) is 5.80. The molecule has 1 saturated carbocycles. The van der Waals surface area contributed by atoms with Gasteiger partial charge in [0.1, 0.15) is 0 Å². The lowest BCUT2D eigenvalue weighted by atomic mass is 10.1. The standard InChI is InChI=1S/C21H30N4/c1-2-6-21(5-1)24-13-4-12-23(15-16-24)17-19-7-9-20(10-8-19)18-25-14-3-11-22-25/h3,7-11,14,21H,1-2,4-6,12-13,15-18H2. The first-order chi connectivity index (χ1) is 12.4. The Hall–Kier alpha value is -1.65. The fourth-order valence-corrected chi connectivity index (χ4v) is 4.37. The molecule has 0 spiro atoms. The van der Waals surface area contributed by atoms with E-state index in [0.717, 1.165) is 19.1 Å². The first-order valence-electron chi connectivity index (χ1n) is 9.88. The summed E-state index contributed by atoms with van der Waals surface area (Å²) in [5.41, 5.74) is 2.74. The van der Waals surface area contributed by atoms with Gasteiger partial charge in [-0.15, -0.1) is 0 Å². The fourth-order valence-electron chi connectivity index (χ4n) is 4.37. The quantitative estimate of drug-likeness (QED) is 0.835. The summed E-state index contributed by atoms with van der Waals surface area (Å²) in [6.07, 6.45) is 10.9. The molecule has 2 heterocycles. The Kier molecular flexibility index (Phi) is 5.48. The molecule has 25 heavy (non-hydrogen) atoms. The summed E-state index contributed by atoms with van der Waals surface area (Å²) >= 11 is 0. The molecule has 134 valence electrons. The van der Waals surface area contributed by atoms with E-state index in [2.05, 4.69) is 39.2 Å². The molecule has 1 aromatic carbocycles. The molecule has 2 fully saturated rings. The predicted molar refractivity (Wildman–Crippen MR) is 101 cm³/mol. The third kappa shape index (κ3) is 4.50. The molecule has 1 aliphatic heterocycles. The summed E-state index contributed by atoms with van der Waals surface area (Å²) in [4.78, 5) is 5.40. The summed E-state index contributed by atoms with van der Waals surface area (Å²) in [7, 11) is 0. The highest BCUT2D eigenvalue weighted by Crippen LogP contribution is 2.24. The molecule has 4 nitrogen and oxygen atoms in total. The Morgan fingerprint density at radius 3 is 2.32 bits per heavy atom. The molecule has 1 aromatic heterocycles. The zero-order chi connectivity index (χ0) is 16.9.